The highest BCUT2D eigenvalue weighted by Gasteiger charge is 2.32. The standard InChI is InChI=1S/C18H25N3O3/c1-11-9-15(13(3)21(11)17-10-12(2)24-19-17)18(23)20-8-6-5-7-16(20)14(4)22/h9-10,14,16,22H,5-8H2,1-4H3. The van der Waals surface area contributed by atoms with Crippen molar-refractivity contribution in [2.75, 3.05) is 6.54 Å². The molecule has 24 heavy (non-hydrogen) atoms. The molecular formula is C18H25N3O3. The second kappa shape index (κ2) is 6.43. The van der Waals surface area contributed by atoms with E-state index in [-0.39, 0.29) is 11.9 Å². The van der Waals surface area contributed by atoms with Crippen LogP contribution in [0.2, 0.25) is 0 Å². The molecule has 1 saturated heterocycles. The Balaban J connectivity index is 1.96. The number of aryl methyl sites for hydroxylation is 2. The van der Waals surface area contributed by atoms with Gasteiger partial charge in [-0.05, 0) is 53.0 Å². The van der Waals surface area contributed by atoms with E-state index in [1.54, 1.807) is 6.92 Å². The van der Waals surface area contributed by atoms with Gasteiger partial charge in [-0.25, -0.2) is 0 Å². The van der Waals surface area contributed by atoms with Gasteiger partial charge in [0.2, 0.25) is 0 Å². The molecule has 6 nitrogen and oxygen atoms in total. The minimum atomic E-state index is -0.518. The fraction of sp³-hybridized carbons (Fsp3) is 0.556. The summed E-state index contributed by atoms with van der Waals surface area (Å²) in [4.78, 5) is 14.9. The van der Waals surface area contributed by atoms with Gasteiger partial charge in [-0.3, -0.25) is 9.36 Å². The second-order valence-corrected chi connectivity index (χ2v) is 6.72. The van der Waals surface area contributed by atoms with Gasteiger partial charge in [-0.15, -0.1) is 0 Å². The molecule has 1 aliphatic rings. The lowest BCUT2D eigenvalue weighted by molar-refractivity contribution is 0.0280. The lowest BCUT2D eigenvalue weighted by Crippen LogP contribution is -2.49. The van der Waals surface area contributed by atoms with Gasteiger partial charge in [0.25, 0.3) is 5.91 Å². The van der Waals surface area contributed by atoms with Crippen LogP contribution in [0.5, 0.6) is 0 Å². The van der Waals surface area contributed by atoms with Crippen LogP contribution in [0.15, 0.2) is 16.7 Å². The number of nitrogens with zero attached hydrogens (tertiary/aromatic N) is 3. The normalized spacial score (nSPS) is 19.5. The molecular weight excluding hydrogens is 306 g/mol. The van der Waals surface area contributed by atoms with Crippen molar-refractivity contribution in [1.29, 1.82) is 0 Å². The predicted molar refractivity (Wildman–Crippen MR) is 90.4 cm³/mol. The van der Waals surface area contributed by atoms with Crippen molar-refractivity contribution in [2.24, 2.45) is 0 Å². The molecule has 2 aromatic heterocycles. The van der Waals surface area contributed by atoms with Gasteiger partial charge in [0.1, 0.15) is 5.76 Å². The summed E-state index contributed by atoms with van der Waals surface area (Å²) in [6, 6.07) is 3.65. The lowest BCUT2D eigenvalue weighted by Gasteiger charge is -2.37. The zero-order valence-corrected chi connectivity index (χ0v) is 14.7. The molecule has 0 aromatic carbocycles. The van der Waals surface area contributed by atoms with Gasteiger partial charge in [0.05, 0.1) is 17.7 Å². The summed E-state index contributed by atoms with van der Waals surface area (Å²) in [5.41, 5.74) is 2.45. The Labute approximate surface area is 142 Å². The molecule has 1 amide bonds. The van der Waals surface area contributed by atoms with Gasteiger partial charge < -0.3 is 14.5 Å². The topological polar surface area (TPSA) is 71.5 Å². The van der Waals surface area contributed by atoms with Crippen LogP contribution in [-0.2, 0) is 0 Å². The van der Waals surface area contributed by atoms with Crippen molar-refractivity contribution in [3.8, 4) is 5.82 Å². The third kappa shape index (κ3) is 2.86. The Kier molecular flexibility index (Phi) is 4.49. The van der Waals surface area contributed by atoms with Crippen molar-refractivity contribution in [2.45, 2.75) is 59.1 Å². The summed E-state index contributed by atoms with van der Waals surface area (Å²) in [6.45, 7) is 8.18. The zero-order valence-electron chi connectivity index (χ0n) is 14.7. The van der Waals surface area contributed by atoms with E-state index in [9.17, 15) is 9.90 Å². The molecule has 6 heteroatoms. The molecule has 0 saturated carbocycles. The number of carbonyl (C=O) groups excluding carboxylic acids is 1. The van der Waals surface area contributed by atoms with Crippen LogP contribution < -0.4 is 0 Å². The Hall–Kier alpha value is -2.08. The number of hydrogen-bond donors (Lipinski definition) is 1. The molecule has 3 rings (SSSR count). The van der Waals surface area contributed by atoms with E-state index >= 15 is 0 Å². The third-order valence-electron chi connectivity index (χ3n) is 4.87. The van der Waals surface area contributed by atoms with Crippen LogP contribution in [0, 0.1) is 20.8 Å². The van der Waals surface area contributed by atoms with Crippen LogP contribution in [0.1, 0.15) is 53.7 Å². The van der Waals surface area contributed by atoms with Gasteiger partial charge in [0.15, 0.2) is 5.82 Å². The molecule has 1 fully saturated rings. The van der Waals surface area contributed by atoms with Crippen molar-refractivity contribution >= 4 is 5.91 Å². The number of aliphatic hydroxyl groups is 1. The minimum Gasteiger partial charge on any atom is -0.391 e. The first-order valence-electron chi connectivity index (χ1n) is 8.52. The minimum absolute atomic E-state index is 0.0137. The Morgan fingerprint density at radius 1 is 1.33 bits per heavy atom. The molecule has 2 unspecified atom stereocenters. The van der Waals surface area contributed by atoms with Crippen molar-refractivity contribution in [1.82, 2.24) is 14.6 Å². The maximum Gasteiger partial charge on any atom is 0.256 e. The van der Waals surface area contributed by atoms with Gasteiger partial charge in [-0.2, -0.15) is 0 Å². The summed E-state index contributed by atoms with van der Waals surface area (Å²) < 4.78 is 7.10. The van der Waals surface area contributed by atoms with E-state index in [2.05, 4.69) is 5.16 Å². The smallest absolute Gasteiger partial charge is 0.256 e. The molecule has 2 atom stereocenters. The third-order valence-corrected chi connectivity index (χ3v) is 4.87. The maximum absolute atomic E-state index is 13.1. The molecule has 0 aliphatic carbocycles. The molecule has 130 valence electrons. The average Bonchev–Trinajstić information content (AvgIpc) is 3.09. The Morgan fingerprint density at radius 3 is 2.71 bits per heavy atom. The van der Waals surface area contributed by atoms with Gasteiger partial charge in [-0.1, -0.05) is 5.16 Å². The first kappa shape index (κ1) is 16.8. The molecule has 0 bridgehead atoms. The molecule has 0 radical (unpaired) electrons. The number of amides is 1. The van der Waals surface area contributed by atoms with Crippen LogP contribution in [0.3, 0.4) is 0 Å². The van der Waals surface area contributed by atoms with Crippen LogP contribution in [-0.4, -0.2) is 44.3 Å². The summed E-state index contributed by atoms with van der Waals surface area (Å²) in [6.07, 6.45) is 2.37. The van der Waals surface area contributed by atoms with E-state index in [4.69, 9.17) is 4.52 Å². The molecule has 3 heterocycles. The van der Waals surface area contributed by atoms with Crippen molar-refractivity contribution < 1.29 is 14.4 Å². The summed E-state index contributed by atoms with van der Waals surface area (Å²) in [5.74, 6) is 1.41. The number of likely N-dealkylation sites (tertiary alicyclic amines) is 1. The number of aliphatic hydroxyl groups excluding tert-OH is 1. The van der Waals surface area contributed by atoms with Gasteiger partial charge >= 0.3 is 0 Å². The summed E-state index contributed by atoms with van der Waals surface area (Å²) in [5, 5.41) is 14.1. The highest BCUT2D eigenvalue weighted by Crippen LogP contribution is 2.26. The molecule has 1 N–H and O–H groups in total. The number of hydrogen-bond acceptors (Lipinski definition) is 4. The first-order chi connectivity index (χ1) is 11.4. The van der Waals surface area contributed by atoms with E-state index in [1.807, 2.05) is 42.4 Å². The van der Waals surface area contributed by atoms with E-state index in [1.165, 1.54) is 0 Å². The van der Waals surface area contributed by atoms with Crippen LogP contribution >= 0.6 is 0 Å². The molecule has 0 spiro atoms. The van der Waals surface area contributed by atoms with Crippen molar-refractivity contribution in [3.05, 3.63) is 34.8 Å². The molecule has 2 aromatic rings. The maximum atomic E-state index is 13.1. The Bertz CT molecular complexity index is 745. The Morgan fingerprint density at radius 2 is 2.08 bits per heavy atom. The van der Waals surface area contributed by atoms with Crippen molar-refractivity contribution in [3.63, 3.8) is 0 Å². The fourth-order valence-electron chi connectivity index (χ4n) is 3.66. The zero-order chi connectivity index (χ0) is 17.4. The van der Waals surface area contributed by atoms with Gasteiger partial charge in [0, 0.05) is 24.0 Å². The number of aromatic nitrogens is 2. The quantitative estimate of drug-likeness (QED) is 0.939. The van der Waals surface area contributed by atoms with Crippen LogP contribution in [0.4, 0.5) is 0 Å². The largest absolute Gasteiger partial charge is 0.391 e. The lowest BCUT2D eigenvalue weighted by atomic mass is 9.97. The molecule has 1 aliphatic heterocycles. The summed E-state index contributed by atoms with van der Waals surface area (Å²) >= 11 is 0. The fourth-order valence-corrected chi connectivity index (χ4v) is 3.66. The number of carbonyl (C=O) groups is 1. The first-order valence-corrected chi connectivity index (χ1v) is 8.52. The monoisotopic (exact) mass is 331 g/mol. The highest BCUT2D eigenvalue weighted by molar-refractivity contribution is 5.96. The average molecular weight is 331 g/mol. The van der Waals surface area contributed by atoms with E-state index < -0.39 is 6.10 Å². The number of piperidine rings is 1. The SMILES string of the molecule is Cc1cc(-n2c(C)cc(C(=O)N3CCCCC3C(C)O)c2C)no1. The summed E-state index contributed by atoms with van der Waals surface area (Å²) in [7, 11) is 0. The predicted octanol–water partition coefficient (Wildman–Crippen LogP) is 2.77. The van der Waals surface area contributed by atoms with Crippen LogP contribution in [0.25, 0.3) is 5.82 Å². The van der Waals surface area contributed by atoms with E-state index in [0.717, 1.165) is 36.4 Å². The van der Waals surface area contributed by atoms with E-state index in [0.29, 0.717) is 17.9 Å². The highest BCUT2D eigenvalue weighted by atomic mass is 16.5. The number of rotatable bonds is 3. The second-order valence-electron chi connectivity index (χ2n) is 6.72.